The topological polar surface area (TPSA) is 40.0 Å². The summed E-state index contributed by atoms with van der Waals surface area (Å²) < 4.78 is 10.4. The number of Topliss-reactive ketones (excluding diaryl/α,β-unsaturated/α-hetero) is 1. The molecule has 26 heavy (non-hydrogen) atoms. The Hall–Kier alpha value is -2.85. The van der Waals surface area contributed by atoms with Crippen molar-refractivity contribution in [2.45, 2.75) is 0 Å². The van der Waals surface area contributed by atoms with Crippen LogP contribution >= 0.6 is 0 Å². The number of quaternary nitrogens is 1. The number of methoxy groups -OCH3 is 2. The smallest absolute Gasteiger partial charge is 0.196 e. The number of hydrogen-bond donors (Lipinski definition) is 1. The average molecular weight is 350 g/mol. The van der Waals surface area contributed by atoms with Gasteiger partial charge in [0.25, 0.3) is 0 Å². The van der Waals surface area contributed by atoms with Crippen LogP contribution in [0, 0.1) is 0 Å². The second-order valence-corrected chi connectivity index (χ2v) is 6.53. The summed E-state index contributed by atoms with van der Waals surface area (Å²) in [5.41, 5.74) is 3.68. The van der Waals surface area contributed by atoms with E-state index in [-0.39, 0.29) is 5.78 Å². The number of benzene rings is 2. The van der Waals surface area contributed by atoms with Crippen LogP contribution in [0.4, 0.5) is 0 Å². The Bertz CT molecular complexity index is 763. The van der Waals surface area contributed by atoms with Gasteiger partial charge in [0.15, 0.2) is 5.78 Å². The van der Waals surface area contributed by atoms with Gasteiger partial charge in [-0.2, -0.15) is 0 Å². The molecule has 0 spiro atoms. The Balaban J connectivity index is 1.86. The molecule has 1 N–H and O–H groups in total. The number of piperidine rings is 1. The lowest BCUT2D eigenvalue weighted by molar-refractivity contribution is -0.870. The highest BCUT2D eigenvalue weighted by molar-refractivity contribution is 6.14. The number of likely N-dealkylation sites (tertiary alicyclic amines) is 1. The van der Waals surface area contributed by atoms with E-state index < -0.39 is 0 Å². The highest BCUT2D eigenvalue weighted by Crippen LogP contribution is 2.19. The molecule has 2 aromatic carbocycles. The van der Waals surface area contributed by atoms with Gasteiger partial charge in [0.05, 0.1) is 32.4 Å². The Morgan fingerprint density at radius 3 is 1.50 bits per heavy atom. The molecule has 1 aliphatic heterocycles. The molecule has 0 unspecified atom stereocenters. The molecule has 134 valence electrons. The third-order valence-corrected chi connectivity index (χ3v) is 4.48. The third-order valence-electron chi connectivity index (χ3n) is 4.48. The fraction of sp³-hybridized carbons (Fsp3) is 0.227. The first-order valence-corrected chi connectivity index (χ1v) is 8.64. The number of hydrogen-bond acceptors (Lipinski definition) is 3. The zero-order chi connectivity index (χ0) is 18.5. The molecular formula is C22H24NO3+. The first-order valence-electron chi connectivity index (χ1n) is 8.64. The zero-order valence-electron chi connectivity index (χ0n) is 15.4. The van der Waals surface area contributed by atoms with Gasteiger partial charge in [-0.15, -0.1) is 0 Å². The van der Waals surface area contributed by atoms with Crippen molar-refractivity contribution < 1.29 is 19.2 Å². The number of carbonyl (C=O) groups excluding carboxylic acids is 1. The van der Waals surface area contributed by atoms with Gasteiger partial charge in [-0.05, 0) is 47.5 Å². The first kappa shape index (κ1) is 18.0. The maximum Gasteiger partial charge on any atom is 0.196 e. The summed E-state index contributed by atoms with van der Waals surface area (Å²) in [5.74, 6) is 1.75. The van der Waals surface area contributed by atoms with Gasteiger partial charge in [-0.1, -0.05) is 24.3 Å². The molecule has 0 atom stereocenters. The Labute approximate surface area is 154 Å². The van der Waals surface area contributed by atoms with E-state index in [1.165, 1.54) is 4.90 Å². The molecule has 1 aliphatic rings. The van der Waals surface area contributed by atoms with E-state index in [2.05, 4.69) is 7.05 Å². The Morgan fingerprint density at radius 2 is 1.15 bits per heavy atom. The van der Waals surface area contributed by atoms with Crippen LogP contribution in [-0.4, -0.2) is 40.1 Å². The van der Waals surface area contributed by atoms with E-state index in [1.807, 2.05) is 60.7 Å². The van der Waals surface area contributed by atoms with Crippen molar-refractivity contribution >= 4 is 17.9 Å². The number of ketones is 1. The van der Waals surface area contributed by atoms with Crippen molar-refractivity contribution in [3.8, 4) is 11.5 Å². The molecule has 0 aliphatic carbocycles. The van der Waals surface area contributed by atoms with Crippen LogP contribution in [0.2, 0.25) is 0 Å². The fourth-order valence-electron chi connectivity index (χ4n) is 3.12. The largest absolute Gasteiger partial charge is 0.497 e. The van der Waals surface area contributed by atoms with E-state index in [0.29, 0.717) is 0 Å². The normalized spacial score (nSPS) is 20.4. The first-order chi connectivity index (χ1) is 12.6. The van der Waals surface area contributed by atoms with Crippen LogP contribution < -0.4 is 14.4 Å². The van der Waals surface area contributed by atoms with E-state index >= 15 is 0 Å². The third kappa shape index (κ3) is 4.21. The lowest BCUT2D eigenvalue weighted by Gasteiger charge is -2.23. The molecule has 2 aromatic rings. The molecule has 0 amide bonds. The minimum Gasteiger partial charge on any atom is -0.497 e. The van der Waals surface area contributed by atoms with Crippen molar-refractivity contribution in [3.05, 3.63) is 70.8 Å². The van der Waals surface area contributed by atoms with Gasteiger partial charge in [0.2, 0.25) is 0 Å². The lowest BCUT2D eigenvalue weighted by atomic mass is 9.94. The summed E-state index contributed by atoms with van der Waals surface area (Å²) in [7, 11) is 5.40. The van der Waals surface area contributed by atoms with E-state index in [1.54, 1.807) is 14.2 Å². The van der Waals surface area contributed by atoms with Crippen molar-refractivity contribution in [2.75, 3.05) is 34.4 Å². The van der Waals surface area contributed by atoms with Gasteiger partial charge < -0.3 is 14.4 Å². The summed E-state index contributed by atoms with van der Waals surface area (Å²) in [6.07, 6.45) is 3.96. The minimum absolute atomic E-state index is 0.127. The maximum atomic E-state index is 12.9. The zero-order valence-corrected chi connectivity index (χ0v) is 15.4. The van der Waals surface area contributed by atoms with Crippen LogP contribution in [0.25, 0.3) is 12.2 Å². The quantitative estimate of drug-likeness (QED) is 0.860. The predicted octanol–water partition coefficient (Wildman–Crippen LogP) is 2.27. The molecule has 1 heterocycles. The van der Waals surface area contributed by atoms with Crippen LogP contribution in [0.1, 0.15) is 11.1 Å². The monoisotopic (exact) mass is 350 g/mol. The standard InChI is InChI=1S/C22H23NO3/c1-23-14-18(12-16-4-8-20(25-2)9-5-16)22(24)19(15-23)13-17-6-10-21(26-3)11-7-17/h4-13H,14-15H2,1-3H3/p+1/b18-12+,19-13+. The Morgan fingerprint density at radius 1 is 0.769 bits per heavy atom. The van der Waals surface area contributed by atoms with Crippen LogP contribution in [0.3, 0.4) is 0 Å². The van der Waals surface area contributed by atoms with Crippen molar-refractivity contribution in [1.29, 1.82) is 0 Å². The molecule has 4 heteroatoms. The number of nitrogens with one attached hydrogen (secondary N) is 1. The summed E-state index contributed by atoms with van der Waals surface area (Å²) in [6.45, 7) is 1.45. The summed E-state index contributed by atoms with van der Waals surface area (Å²) in [4.78, 5) is 14.2. The molecule has 3 rings (SSSR count). The highest BCUT2D eigenvalue weighted by Gasteiger charge is 2.27. The van der Waals surface area contributed by atoms with E-state index in [0.717, 1.165) is 46.9 Å². The molecule has 1 saturated heterocycles. The molecule has 4 nitrogen and oxygen atoms in total. The van der Waals surface area contributed by atoms with Crippen LogP contribution in [-0.2, 0) is 4.79 Å². The van der Waals surface area contributed by atoms with Gasteiger partial charge >= 0.3 is 0 Å². The van der Waals surface area contributed by atoms with E-state index in [4.69, 9.17) is 9.47 Å². The summed E-state index contributed by atoms with van der Waals surface area (Å²) in [6, 6.07) is 15.5. The van der Waals surface area contributed by atoms with Gasteiger partial charge in [-0.3, -0.25) is 4.79 Å². The molecule has 0 saturated carbocycles. The number of likely N-dealkylation sites (N-methyl/N-ethyl adjacent to an activating group) is 1. The second kappa shape index (κ2) is 8.02. The van der Waals surface area contributed by atoms with Crippen LogP contribution in [0.5, 0.6) is 11.5 Å². The number of rotatable bonds is 4. The molecule has 1 fully saturated rings. The minimum atomic E-state index is 0.127. The Kier molecular flexibility index (Phi) is 5.54. The fourth-order valence-corrected chi connectivity index (χ4v) is 3.12. The maximum absolute atomic E-state index is 12.9. The van der Waals surface area contributed by atoms with Crippen molar-refractivity contribution in [2.24, 2.45) is 0 Å². The molecule has 0 bridgehead atoms. The number of ether oxygens (including phenoxy) is 2. The highest BCUT2D eigenvalue weighted by atomic mass is 16.5. The lowest BCUT2D eigenvalue weighted by Crippen LogP contribution is -3.10. The summed E-state index contributed by atoms with van der Waals surface area (Å²) >= 11 is 0. The average Bonchev–Trinajstić information content (AvgIpc) is 2.66. The number of carbonyl (C=O) groups is 1. The van der Waals surface area contributed by atoms with Crippen molar-refractivity contribution in [1.82, 2.24) is 0 Å². The van der Waals surface area contributed by atoms with Gasteiger partial charge in [-0.25, -0.2) is 0 Å². The summed E-state index contributed by atoms with van der Waals surface area (Å²) in [5, 5.41) is 0. The van der Waals surface area contributed by atoms with Crippen LogP contribution in [0.15, 0.2) is 59.7 Å². The van der Waals surface area contributed by atoms with Gasteiger partial charge in [0.1, 0.15) is 24.6 Å². The predicted molar refractivity (Wildman–Crippen MR) is 104 cm³/mol. The second-order valence-electron chi connectivity index (χ2n) is 6.53. The SMILES string of the molecule is COc1ccc(/C=C2\C[NH+](C)C/C(=C\c3ccc(OC)cc3)C2=O)cc1. The molecule has 0 radical (unpaired) electrons. The molecular weight excluding hydrogens is 326 g/mol. The van der Waals surface area contributed by atoms with Crippen molar-refractivity contribution in [3.63, 3.8) is 0 Å². The molecule has 0 aromatic heterocycles. The van der Waals surface area contributed by atoms with E-state index in [9.17, 15) is 4.79 Å². The van der Waals surface area contributed by atoms with Gasteiger partial charge in [0, 0.05) is 0 Å².